The van der Waals surface area contributed by atoms with Gasteiger partial charge in [-0.25, -0.2) is 5.10 Å². The van der Waals surface area contributed by atoms with Crippen molar-refractivity contribution in [2.45, 2.75) is 0 Å². The summed E-state index contributed by atoms with van der Waals surface area (Å²) in [6, 6.07) is 14.7. The first-order valence-electron chi connectivity index (χ1n) is 6.37. The van der Waals surface area contributed by atoms with Crippen molar-refractivity contribution in [1.29, 1.82) is 0 Å². The molecule has 4 nitrogen and oxygen atoms in total. The summed E-state index contributed by atoms with van der Waals surface area (Å²) in [4.78, 5) is 0. The number of halogens is 2. The summed E-state index contributed by atoms with van der Waals surface area (Å²) < 4.78 is 1.94. The van der Waals surface area contributed by atoms with E-state index in [1.54, 1.807) is 29.1 Å². The van der Waals surface area contributed by atoms with E-state index in [0.29, 0.717) is 20.6 Å². The van der Waals surface area contributed by atoms with Crippen LogP contribution in [0.15, 0.2) is 53.6 Å². The first-order chi connectivity index (χ1) is 10.6. The first-order valence-corrected chi connectivity index (χ1v) is 7.53. The molecular formula is C15H10Cl2N4S. The Bertz CT molecular complexity index is 898. The highest BCUT2D eigenvalue weighted by atomic mass is 35.5. The quantitative estimate of drug-likeness (QED) is 0.545. The van der Waals surface area contributed by atoms with E-state index < -0.39 is 0 Å². The minimum absolute atomic E-state index is 0.397. The van der Waals surface area contributed by atoms with Crippen molar-refractivity contribution < 1.29 is 0 Å². The van der Waals surface area contributed by atoms with E-state index in [0.717, 1.165) is 11.1 Å². The number of hydrogen-bond donors (Lipinski definition) is 1. The molecule has 1 heterocycles. The highest BCUT2D eigenvalue weighted by Gasteiger charge is 2.08. The Hall–Kier alpha value is -1.95. The van der Waals surface area contributed by atoms with Crippen LogP contribution >= 0.6 is 35.4 Å². The highest BCUT2D eigenvalue weighted by Crippen LogP contribution is 2.21. The standard InChI is InChI=1S/C15H10Cl2N4S/c16-12-5-1-3-10(7-12)9-18-21-14(19-20-15(21)22)11-4-2-6-13(17)8-11/h1-9H,(H,20,22). The fourth-order valence-electron chi connectivity index (χ4n) is 1.92. The zero-order valence-corrected chi connectivity index (χ0v) is 13.5. The highest BCUT2D eigenvalue weighted by molar-refractivity contribution is 7.71. The largest absolute Gasteiger partial charge is 0.250 e. The maximum atomic E-state index is 6.02. The van der Waals surface area contributed by atoms with E-state index in [1.165, 1.54) is 0 Å². The topological polar surface area (TPSA) is 46.0 Å². The molecule has 0 atom stereocenters. The molecule has 3 rings (SSSR count). The normalized spacial score (nSPS) is 11.2. The Morgan fingerprint density at radius 2 is 1.82 bits per heavy atom. The molecule has 0 saturated carbocycles. The van der Waals surface area contributed by atoms with Crippen LogP contribution < -0.4 is 0 Å². The molecule has 7 heteroatoms. The number of rotatable bonds is 3. The van der Waals surface area contributed by atoms with Crippen LogP contribution in [0.3, 0.4) is 0 Å². The van der Waals surface area contributed by atoms with Gasteiger partial charge in [0.05, 0.1) is 6.21 Å². The monoisotopic (exact) mass is 348 g/mol. The Morgan fingerprint density at radius 1 is 1.09 bits per heavy atom. The van der Waals surface area contributed by atoms with E-state index in [-0.39, 0.29) is 0 Å². The van der Waals surface area contributed by atoms with Gasteiger partial charge in [-0.1, -0.05) is 47.5 Å². The predicted octanol–water partition coefficient (Wildman–Crippen LogP) is 4.80. The van der Waals surface area contributed by atoms with Crippen molar-refractivity contribution in [1.82, 2.24) is 14.9 Å². The number of hydrogen-bond acceptors (Lipinski definition) is 3. The molecular weight excluding hydrogens is 339 g/mol. The Balaban J connectivity index is 2.01. The van der Waals surface area contributed by atoms with Gasteiger partial charge in [0.25, 0.3) is 0 Å². The zero-order chi connectivity index (χ0) is 15.5. The summed E-state index contributed by atoms with van der Waals surface area (Å²) in [5.41, 5.74) is 1.69. The fourth-order valence-corrected chi connectivity index (χ4v) is 2.49. The third kappa shape index (κ3) is 3.27. The molecule has 110 valence electrons. The maximum Gasteiger partial charge on any atom is 0.216 e. The Morgan fingerprint density at radius 3 is 2.55 bits per heavy atom. The molecule has 1 aromatic heterocycles. The molecule has 0 aliphatic carbocycles. The molecule has 0 radical (unpaired) electrons. The van der Waals surface area contributed by atoms with Gasteiger partial charge in [0.15, 0.2) is 5.82 Å². The summed E-state index contributed by atoms with van der Waals surface area (Å²) >= 11 is 17.2. The number of aromatic nitrogens is 3. The molecule has 0 amide bonds. The molecule has 0 aliphatic rings. The summed E-state index contributed by atoms with van der Waals surface area (Å²) in [6.45, 7) is 0. The predicted molar refractivity (Wildman–Crippen MR) is 92.3 cm³/mol. The van der Waals surface area contributed by atoms with E-state index >= 15 is 0 Å². The van der Waals surface area contributed by atoms with Gasteiger partial charge in [0.1, 0.15) is 0 Å². The first kappa shape index (κ1) is 15.0. The van der Waals surface area contributed by atoms with Crippen molar-refractivity contribution in [3.63, 3.8) is 0 Å². The van der Waals surface area contributed by atoms with Gasteiger partial charge in [0, 0.05) is 15.6 Å². The van der Waals surface area contributed by atoms with Gasteiger partial charge >= 0.3 is 0 Å². The number of benzene rings is 2. The molecule has 0 unspecified atom stereocenters. The molecule has 0 fully saturated rings. The summed E-state index contributed by atoms with van der Waals surface area (Å²) in [5.74, 6) is 0.589. The average molecular weight is 349 g/mol. The lowest BCUT2D eigenvalue weighted by molar-refractivity contribution is 0.871. The fraction of sp³-hybridized carbons (Fsp3) is 0. The number of nitrogens with zero attached hydrogens (tertiary/aromatic N) is 3. The molecule has 3 aromatic rings. The van der Waals surface area contributed by atoms with Crippen molar-refractivity contribution >= 4 is 41.6 Å². The van der Waals surface area contributed by atoms with E-state index in [1.807, 2.05) is 30.3 Å². The number of aromatic amines is 1. The Kier molecular flexibility index (Phi) is 4.38. The molecule has 2 aromatic carbocycles. The average Bonchev–Trinajstić information content (AvgIpc) is 2.86. The van der Waals surface area contributed by atoms with Crippen LogP contribution in [0.25, 0.3) is 11.4 Å². The third-order valence-electron chi connectivity index (χ3n) is 2.90. The second-order valence-corrected chi connectivity index (χ2v) is 5.73. The van der Waals surface area contributed by atoms with E-state index in [9.17, 15) is 0 Å². The van der Waals surface area contributed by atoms with Crippen LogP contribution in [-0.2, 0) is 0 Å². The summed E-state index contributed by atoms with van der Waals surface area (Å²) in [6.07, 6.45) is 1.67. The third-order valence-corrected chi connectivity index (χ3v) is 3.64. The summed E-state index contributed by atoms with van der Waals surface area (Å²) in [5, 5.41) is 12.6. The second-order valence-electron chi connectivity index (χ2n) is 4.47. The molecule has 22 heavy (non-hydrogen) atoms. The smallest absolute Gasteiger partial charge is 0.216 e. The number of H-pyrrole nitrogens is 1. The number of nitrogens with one attached hydrogen (secondary N) is 1. The van der Waals surface area contributed by atoms with Gasteiger partial charge in [-0.05, 0) is 42.0 Å². The lowest BCUT2D eigenvalue weighted by Gasteiger charge is -2.01. The maximum absolute atomic E-state index is 6.02. The SMILES string of the molecule is S=c1[nH]nc(-c2cccc(Cl)c2)n1N=Cc1cccc(Cl)c1. The van der Waals surface area contributed by atoms with E-state index in [2.05, 4.69) is 15.3 Å². The molecule has 0 aliphatic heterocycles. The van der Waals surface area contributed by atoms with Gasteiger partial charge in [-0.15, -0.1) is 0 Å². The van der Waals surface area contributed by atoms with Crippen molar-refractivity contribution in [2.75, 3.05) is 0 Å². The lowest BCUT2D eigenvalue weighted by Crippen LogP contribution is -1.95. The van der Waals surface area contributed by atoms with Gasteiger partial charge in [0.2, 0.25) is 4.77 Å². The van der Waals surface area contributed by atoms with Crippen molar-refractivity contribution in [3.8, 4) is 11.4 Å². The molecule has 1 N–H and O–H groups in total. The molecule has 0 saturated heterocycles. The van der Waals surface area contributed by atoms with Crippen LogP contribution in [0.4, 0.5) is 0 Å². The Labute approximate surface area is 142 Å². The molecule has 0 bridgehead atoms. The lowest BCUT2D eigenvalue weighted by atomic mass is 10.2. The van der Waals surface area contributed by atoms with Gasteiger partial charge < -0.3 is 0 Å². The van der Waals surface area contributed by atoms with Crippen LogP contribution in [0.1, 0.15) is 5.56 Å². The van der Waals surface area contributed by atoms with Gasteiger partial charge in [-0.3, -0.25) is 0 Å². The van der Waals surface area contributed by atoms with Crippen LogP contribution in [0.5, 0.6) is 0 Å². The van der Waals surface area contributed by atoms with Crippen LogP contribution in [0.2, 0.25) is 10.0 Å². The minimum Gasteiger partial charge on any atom is -0.250 e. The van der Waals surface area contributed by atoms with Crippen molar-refractivity contribution in [3.05, 3.63) is 68.9 Å². The zero-order valence-electron chi connectivity index (χ0n) is 11.2. The van der Waals surface area contributed by atoms with Crippen LogP contribution in [-0.4, -0.2) is 21.1 Å². The van der Waals surface area contributed by atoms with Crippen LogP contribution in [0, 0.1) is 4.77 Å². The second kappa shape index (κ2) is 6.44. The minimum atomic E-state index is 0.397. The van der Waals surface area contributed by atoms with Gasteiger partial charge in [-0.2, -0.15) is 14.9 Å². The van der Waals surface area contributed by atoms with E-state index in [4.69, 9.17) is 35.4 Å². The molecule has 0 spiro atoms. The summed E-state index contributed by atoms with van der Waals surface area (Å²) in [7, 11) is 0. The van der Waals surface area contributed by atoms with Crippen molar-refractivity contribution in [2.24, 2.45) is 5.10 Å².